The van der Waals surface area contributed by atoms with Gasteiger partial charge in [-0.1, -0.05) is 24.4 Å². The molecule has 0 saturated heterocycles. The summed E-state index contributed by atoms with van der Waals surface area (Å²) in [5.74, 6) is 0.209. The van der Waals surface area contributed by atoms with Gasteiger partial charge >= 0.3 is 0 Å². The predicted octanol–water partition coefficient (Wildman–Crippen LogP) is 4.51. The van der Waals surface area contributed by atoms with Crippen LogP contribution in [-0.2, 0) is 10.4 Å². The van der Waals surface area contributed by atoms with Gasteiger partial charge in [-0.05, 0) is 52.7 Å². The number of imidazole rings is 1. The minimum atomic E-state index is -1.24. The maximum atomic E-state index is 15.1. The number of hydrogen-bond donors (Lipinski definition) is 4. The Bertz CT molecular complexity index is 1190. The Balaban J connectivity index is 0.00000108. The number of aliphatic hydroxyl groups excluding tert-OH is 1. The first-order valence-corrected chi connectivity index (χ1v) is 11.8. The Kier molecular flexibility index (Phi) is 8.30. The zero-order valence-corrected chi connectivity index (χ0v) is 20.9. The first kappa shape index (κ1) is 26.8. The highest BCUT2D eigenvalue weighted by Gasteiger charge is 2.28. The number of rotatable bonds is 5. The number of hydrogen-bond acceptors (Lipinski definition) is 7. The van der Waals surface area contributed by atoms with E-state index in [1.54, 1.807) is 19.9 Å². The van der Waals surface area contributed by atoms with Crippen molar-refractivity contribution >= 4 is 35.1 Å². The molecule has 2 unspecified atom stereocenters. The van der Waals surface area contributed by atoms with Crippen LogP contribution in [0.2, 0.25) is 5.02 Å². The SMILES string of the molecule is CC(C)n1c(C(C)(C)O)nc2c(F)cc(-c3nc(NC4CCCCC4O)ncc3Cl)cc21.O=CO. The smallest absolute Gasteiger partial charge is 0.290 e. The Morgan fingerprint density at radius 3 is 2.51 bits per heavy atom. The summed E-state index contributed by atoms with van der Waals surface area (Å²) >= 11 is 6.40. The number of anilines is 1. The van der Waals surface area contributed by atoms with Crippen LogP contribution in [-0.4, -0.2) is 53.5 Å². The molecule has 0 radical (unpaired) electrons. The van der Waals surface area contributed by atoms with Gasteiger partial charge in [0, 0.05) is 11.6 Å². The number of carboxylic acid groups (broad SMARTS) is 1. The molecule has 35 heavy (non-hydrogen) atoms. The maximum absolute atomic E-state index is 15.1. The number of aromatic nitrogens is 4. The minimum absolute atomic E-state index is 0.0537. The third-order valence-electron chi connectivity index (χ3n) is 5.87. The second-order valence-corrected chi connectivity index (χ2v) is 9.79. The number of benzene rings is 1. The van der Waals surface area contributed by atoms with E-state index in [2.05, 4.69) is 20.3 Å². The Morgan fingerprint density at radius 1 is 1.26 bits per heavy atom. The lowest BCUT2D eigenvalue weighted by atomic mass is 9.93. The maximum Gasteiger partial charge on any atom is 0.290 e. The van der Waals surface area contributed by atoms with Gasteiger partial charge in [-0.3, -0.25) is 4.79 Å². The number of nitrogens with zero attached hydrogens (tertiary/aromatic N) is 4. The summed E-state index contributed by atoms with van der Waals surface area (Å²) in [6.07, 6.45) is 4.62. The third-order valence-corrected chi connectivity index (χ3v) is 6.15. The standard InChI is InChI=1S/C23H29ClFN5O2.CH2O2/c1-12(2)30-17-10-13(9-15(25)20(17)28-21(30)23(3,4)32)19-14(24)11-26-22(29-19)27-16-7-5-6-8-18(16)31;2-1-3/h9-12,16,18,31-32H,5-8H2,1-4H3,(H,26,27,29);1H,(H,2,3). The van der Waals surface area contributed by atoms with Crippen molar-refractivity contribution in [2.24, 2.45) is 0 Å². The van der Waals surface area contributed by atoms with Gasteiger partial charge < -0.3 is 25.2 Å². The fraction of sp³-hybridized carbons (Fsp3) is 0.500. The zero-order valence-electron chi connectivity index (χ0n) is 20.2. The summed E-state index contributed by atoms with van der Waals surface area (Å²) in [6, 6.07) is 2.95. The molecule has 2 atom stereocenters. The summed E-state index contributed by atoms with van der Waals surface area (Å²) in [5, 5.41) is 31.2. The summed E-state index contributed by atoms with van der Waals surface area (Å²) in [6.45, 7) is 6.92. The predicted molar refractivity (Wildman–Crippen MR) is 132 cm³/mol. The molecule has 1 aliphatic carbocycles. The lowest BCUT2D eigenvalue weighted by Crippen LogP contribution is -2.36. The molecule has 1 saturated carbocycles. The molecule has 190 valence electrons. The monoisotopic (exact) mass is 507 g/mol. The third kappa shape index (κ3) is 5.88. The van der Waals surface area contributed by atoms with Crippen molar-refractivity contribution < 1.29 is 24.5 Å². The van der Waals surface area contributed by atoms with Crippen molar-refractivity contribution in [2.75, 3.05) is 5.32 Å². The average molecular weight is 508 g/mol. The van der Waals surface area contributed by atoms with Gasteiger partial charge in [0.2, 0.25) is 5.95 Å². The lowest BCUT2D eigenvalue weighted by molar-refractivity contribution is -0.122. The van der Waals surface area contributed by atoms with E-state index in [-0.39, 0.29) is 29.1 Å². The molecule has 0 aliphatic heterocycles. The van der Waals surface area contributed by atoms with Crippen LogP contribution >= 0.6 is 11.6 Å². The van der Waals surface area contributed by atoms with Crippen molar-refractivity contribution in [1.29, 1.82) is 0 Å². The largest absolute Gasteiger partial charge is 0.483 e. The molecule has 11 heteroatoms. The molecular weight excluding hydrogens is 477 g/mol. The van der Waals surface area contributed by atoms with Gasteiger partial charge in [0.15, 0.2) is 5.82 Å². The Labute approximate surface area is 208 Å². The van der Waals surface area contributed by atoms with Gasteiger partial charge in [-0.15, -0.1) is 0 Å². The summed E-state index contributed by atoms with van der Waals surface area (Å²) in [4.78, 5) is 21.5. The fourth-order valence-corrected chi connectivity index (χ4v) is 4.53. The van der Waals surface area contributed by atoms with Crippen LogP contribution in [0.5, 0.6) is 0 Å². The number of nitrogens with one attached hydrogen (secondary N) is 1. The van der Waals surface area contributed by atoms with Gasteiger partial charge in [0.1, 0.15) is 16.9 Å². The van der Waals surface area contributed by atoms with Crippen LogP contribution in [0.4, 0.5) is 10.3 Å². The molecule has 1 aromatic carbocycles. The molecule has 1 fully saturated rings. The molecule has 0 amide bonds. The fourth-order valence-electron chi connectivity index (χ4n) is 4.33. The van der Waals surface area contributed by atoms with Crippen molar-refractivity contribution in [1.82, 2.24) is 19.5 Å². The van der Waals surface area contributed by atoms with E-state index in [0.29, 0.717) is 28.5 Å². The first-order chi connectivity index (χ1) is 16.5. The van der Waals surface area contributed by atoms with E-state index in [0.717, 1.165) is 25.7 Å². The quantitative estimate of drug-likeness (QED) is 0.371. The Hall–Kier alpha value is -2.82. The molecule has 0 spiro atoms. The van der Waals surface area contributed by atoms with Crippen LogP contribution in [0.3, 0.4) is 0 Å². The van der Waals surface area contributed by atoms with Gasteiger partial charge in [-0.2, -0.15) is 0 Å². The zero-order chi connectivity index (χ0) is 25.9. The highest BCUT2D eigenvalue weighted by Crippen LogP contribution is 2.35. The highest BCUT2D eigenvalue weighted by molar-refractivity contribution is 6.33. The first-order valence-electron chi connectivity index (χ1n) is 11.5. The van der Waals surface area contributed by atoms with Gasteiger partial charge in [0.25, 0.3) is 6.47 Å². The number of aliphatic hydroxyl groups is 2. The minimum Gasteiger partial charge on any atom is -0.483 e. The van der Waals surface area contributed by atoms with E-state index in [4.69, 9.17) is 21.5 Å². The van der Waals surface area contributed by atoms with Crippen molar-refractivity contribution in [3.8, 4) is 11.3 Å². The number of fused-ring (bicyclic) bond motifs is 1. The molecular formula is C24H31ClFN5O4. The normalized spacial score (nSPS) is 18.3. The van der Waals surface area contributed by atoms with Crippen LogP contribution in [0, 0.1) is 5.82 Å². The van der Waals surface area contributed by atoms with Crippen LogP contribution in [0.1, 0.15) is 65.2 Å². The van der Waals surface area contributed by atoms with E-state index in [1.807, 2.05) is 18.4 Å². The van der Waals surface area contributed by atoms with Crippen LogP contribution in [0.25, 0.3) is 22.3 Å². The van der Waals surface area contributed by atoms with Gasteiger partial charge in [-0.25, -0.2) is 19.3 Å². The molecule has 4 N–H and O–H groups in total. The van der Waals surface area contributed by atoms with Gasteiger partial charge in [0.05, 0.1) is 34.6 Å². The van der Waals surface area contributed by atoms with E-state index < -0.39 is 17.5 Å². The number of halogens is 2. The van der Waals surface area contributed by atoms with Crippen molar-refractivity contribution in [2.45, 2.75) is 77.2 Å². The second-order valence-electron chi connectivity index (χ2n) is 9.38. The molecule has 2 aromatic heterocycles. The summed E-state index contributed by atoms with van der Waals surface area (Å²) in [5.41, 5.74) is 0.378. The second kappa shape index (κ2) is 10.8. The highest BCUT2D eigenvalue weighted by atomic mass is 35.5. The van der Waals surface area contributed by atoms with Crippen LogP contribution in [0.15, 0.2) is 18.3 Å². The Morgan fingerprint density at radius 2 is 1.91 bits per heavy atom. The average Bonchev–Trinajstić information content (AvgIpc) is 3.18. The van der Waals surface area contributed by atoms with Crippen molar-refractivity contribution in [3.63, 3.8) is 0 Å². The molecule has 3 aromatic rings. The molecule has 9 nitrogen and oxygen atoms in total. The molecule has 0 bridgehead atoms. The molecule has 2 heterocycles. The van der Waals surface area contributed by atoms with E-state index in [1.165, 1.54) is 12.3 Å². The topological polar surface area (TPSA) is 133 Å². The van der Waals surface area contributed by atoms with E-state index >= 15 is 4.39 Å². The summed E-state index contributed by atoms with van der Waals surface area (Å²) < 4.78 is 17.0. The van der Waals surface area contributed by atoms with E-state index in [9.17, 15) is 10.2 Å². The molecule has 4 rings (SSSR count). The number of carbonyl (C=O) groups is 1. The summed E-state index contributed by atoms with van der Waals surface area (Å²) in [7, 11) is 0. The molecule has 1 aliphatic rings. The van der Waals surface area contributed by atoms with Crippen molar-refractivity contribution in [3.05, 3.63) is 35.0 Å². The lowest BCUT2D eigenvalue weighted by Gasteiger charge is -2.28. The van der Waals surface area contributed by atoms with Crippen LogP contribution < -0.4 is 5.32 Å².